The van der Waals surface area contributed by atoms with Gasteiger partial charge in [-0.15, -0.1) is 24.8 Å². The molecule has 0 aliphatic carbocycles. The standard InChI is InChI=1S/C19H30N2O3.2ClH/c1-14(2)5-7-17(21-11-9-20-10-12-21)16-6-8-18(24-15(3)22)19(13-16)23-4;;/h6,8,13-14,17,20H,5,7,9-12H2,1-4H3;2*1H/t17-;;/m1../s1. The second-order valence-corrected chi connectivity index (χ2v) is 6.78. The highest BCUT2D eigenvalue weighted by Gasteiger charge is 2.23. The highest BCUT2D eigenvalue weighted by Crippen LogP contribution is 2.35. The van der Waals surface area contributed by atoms with Gasteiger partial charge in [-0.2, -0.15) is 0 Å². The number of carbonyl (C=O) groups is 1. The van der Waals surface area contributed by atoms with Crippen LogP contribution in [-0.4, -0.2) is 44.2 Å². The summed E-state index contributed by atoms with van der Waals surface area (Å²) in [6.45, 7) is 10.1. The van der Waals surface area contributed by atoms with Crippen molar-refractivity contribution in [3.63, 3.8) is 0 Å². The molecule has 5 nitrogen and oxygen atoms in total. The Kier molecular flexibility index (Phi) is 11.9. The molecule has 150 valence electrons. The molecule has 26 heavy (non-hydrogen) atoms. The number of halogens is 2. The van der Waals surface area contributed by atoms with E-state index in [1.165, 1.54) is 18.9 Å². The van der Waals surface area contributed by atoms with Crippen LogP contribution >= 0.6 is 24.8 Å². The number of benzene rings is 1. The van der Waals surface area contributed by atoms with E-state index < -0.39 is 0 Å². The lowest BCUT2D eigenvalue weighted by Crippen LogP contribution is -2.45. The van der Waals surface area contributed by atoms with Crippen molar-refractivity contribution >= 4 is 30.8 Å². The van der Waals surface area contributed by atoms with Crippen LogP contribution in [0.3, 0.4) is 0 Å². The molecule has 0 aromatic heterocycles. The zero-order valence-corrected chi connectivity index (χ0v) is 17.8. The van der Waals surface area contributed by atoms with E-state index in [4.69, 9.17) is 9.47 Å². The molecule has 1 atom stereocenters. The summed E-state index contributed by atoms with van der Waals surface area (Å²) in [4.78, 5) is 13.8. The second kappa shape index (κ2) is 12.4. The normalized spacial score (nSPS) is 15.6. The predicted octanol–water partition coefficient (Wildman–Crippen LogP) is 3.85. The molecule has 0 radical (unpaired) electrons. The average molecular weight is 407 g/mol. The summed E-state index contributed by atoms with van der Waals surface area (Å²) in [7, 11) is 1.61. The number of hydrogen-bond donors (Lipinski definition) is 1. The first-order valence-electron chi connectivity index (χ1n) is 8.82. The molecule has 1 heterocycles. The van der Waals surface area contributed by atoms with Gasteiger partial charge in [0, 0.05) is 39.1 Å². The number of methoxy groups -OCH3 is 1. The van der Waals surface area contributed by atoms with Gasteiger partial charge in [-0.25, -0.2) is 0 Å². The van der Waals surface area contributed by atoms with E-state index in [0.29, 0.717) is 23.5 Å². The third kappa shape index (κ3) is 7.31. The number of nitrogens with zero attached hydrogens (tertiary/aromatic N) is 1. The SMILES string of the molecule is COc1cc([C@@H](CCC(C)C)N2CCNCC2)ccc1OC(C)=O.Cl.Cl. The smallest absolute Gasteiger partial charge is 0.308 e. The fourth-order valence-electron chi connectivity index (χ4n) is 3.18. The van der Waals surface area contributed by atoms with Crippen molar-refractivity contribution in [2.45, 2.75) is 39.7 Å². The van der Waals surface area contributed by atoms with Gasteiger partial charge in [0.05, 0.1) is 7.11 Å². The minimum atomic E-state index is -0.334. The van der Waals surface area contributed by atoms with Gasteiger partial charge in [0.25, 0.3) is 0 Å². The third-order valence-corrected chi connectivity index (χ3v) is 4.44. The van der Waals surface area contributed by atoms with Crippen molar-refractivity contribution in [2.24, 2.45) is 5.92 Å². The number of carbonyl (C=O) groups excluding carboxylic acids is 1. The van der Waals surface area contributed by atoms with Gasteiger partial charge in [-0.05, 0) is 36.5 Å². The molecular weight excluding hydrogens is 375 g/mol. The summed E-state index contributed by atoms with van der Waals surface area (Å²) >= 11 is 0. The minimum absolute atomic E-state index is 0. The summed E-state index contributed by atoms with van der Waals surface area (Å²) in [5.41, 5.74) is 1.23. The Morgan fingerprint density at radius 2 is 1.81 bits per heavy atom. The average Bonchev–Trinajstić information content (AvgIpc) is 2.56. The van der Waals surface area contributed by atoms with Gasteiger partial charge in [-0.1, -0.05) is 19.9 Å². The van der Waals surface area contributed by atoms with Gasteiger partial charge >= 0.3 is 5.97 Å². The topological polar surface area (TPSA) is 50.8 Å². The molecule has 0 bridgehead atoms. The summed E-state index contributed by atoms with van der Waals surface area (Å²) < 4.78 is 10.7. The lowest BCUT2D eigenvalue weighted by Gasteiger charge is -2.36. The molecule has 1 aliphatic rings. The molecule has 1 saturated heterocycles. The van der Waals surface area contributed by atoms with Crippen molar-refractivity contribution < 1.29 is 14.3 Å². The van der Waals surface area contributed by atoms with Crippen LogP contribution in [0.5, 0.6) is 11.5 Å². The first-order chi connectivity index (χ1) is 11.5. The fraction of sp³-hybridized carbons (Fsp3) is 0.632. The highest BCUT2D eigenvalue weighted by atomic mass is 35.5. The van der Waals surface area contributed by atoms with Crippen LogP contribution in [0.25, 0.3) is 0 Å². The van der Waals surface area contributed by atoms with Crippen molar-refractivity contribution in [3.8, 4) is 11.5 Å². The molecule has 1 N–H and O–H groups in total. The summed E-state index contributed by atoms with van der Waals surface area (Å²) in [6.07, 6.45) is 2.30. The van der Waals surface area contributed by atoms with Gasteiger partial charge in [-0.3, -0.25) is 9.69 Å². The van der Waals surface area contributed by atoms with Crippen LogP contribution in [0, 0.1) is 5.92 Å². The van der Waals surface area contributed by atoms with E-state index in [0.717, 1.165) is 32.6 Å². The van der Waals surface area contributed by atoms with E-state index in [1.807, 2.05) is 12.1 Å². The number of nitrogens with one attached hydrogen (secondary N) is 1. The zero-order chi connectivity index (χ0) is 17.5. The first kappa shape index (κ1) is 25.0. The van der Waals surface area contributed by atoms with Crippen molar-refractivity contribution in [3.05, 3.63) is 23.8 Å². The van der Waals surface area contributed by atoms with E-state index in [1.54, 1.807) is 7.11 Å². The Balaban J connectivity index is 0.00000312. The molecule has 7 heteroatoms. The van der Waals surface area contributed by atoms with Crippen LogP contribution < -0.4 is 14.8 Å². The zero-order valence-electron chi connectivity index (χ0n) is 16.1. The molecule has 0 spiro atoms. The molecule has 0 amide bonds. The molecule has 1 aromatic rings. The lowest BCUT2D eigenvalue weighted by molar-refractivity contribution is -0.132. The largest absolute Gasteiger partial charge is 0.493 e. The Hall–Kier alpha value is -1.01. The lowest BCUT2D eigenvalue weighted by atomic mass is 9.95. The summed E-state index contributed by atoms with van der Waals surface area (Å²) in [5.74, 6) is 1.45. The van der Waals surface area contributed by atoms with Crippen LogP contribution in [-0.2, 0) is 4.79 Å². The third-order valence-electron chi connectivity index (χ3n) is 4.44. The Labute approximate surface area is 169 Å². The van der Waals surface area contributed by atoms with Crippen LogP contribution in [0.4, 0.5) is 0 Å². The van der Waals surface area contributed by atoms with E-state index in [9.17, 15) is 4.79 Å². The quantitative estimate of drug-likeness (QED) is 0.550. The van der Waals surface area contributed by atoms with E-state index in [-0.39, 0.29) is 30.8 Å². The van der Waals surface area contributed by atoms with Gasteiger partial charge in [0.1, 0.15) is 0 Å². The summed E-state index contributed by atoms with van der Waals surface area (Å²) in [5, 5.41) is 3.42. The molecule has 2 rings (SSSR count). The highest BCUT2D eigenvalue weighted by molar-refractivity contribution is 5.85. The predicted molar refractivity (Wildman–Crippen MR) is 110 cm³/mol. The second-order valence-electron chi connectivity index (χ2n) is 6.78. The maximum absolute atomic E-state index is 11.2. The molecular formula is C19H32Cl2N2O3. The molecule has 0 saturated carbocycles. The Morgan fingerprint density at radius 3 is 2.35 bits per heavy atom. The van der Waals surface area contributed by atoms with Crippen LogP contribution in [0.2, 0.25) is 0 Å². The first-order valence-corrected chi connectivity index (χ1v) is 8.82. The fourth-order valence-corrected chi connectivity index (χ4v) is 3.18. The van der Waals surface area contributed by atoms with E-state index in [2.05, 4.69) is 30.1 Å². The molecule has 1 fully saturated rings. The van der Waals surface area contributed by atoms with Gasteiger partial charge < -0.3 is 14.8 Å². The van der Waals surface area contributed by atoms with E-state index >= 15 is 0 Å². The van der Waals surface area contributed by atoms with Crippen LogP contribution in [0.1, 0.15) is 45.2 Å². The summed E-state index contributed by atoms with van der Waals surface area (Å²) in [6, 6.07) is 6.30. The van der Waals surface area contributed by atoms with Gasteiger partial charge in [0.2, 0.25) is 0 Å². The maximum Gasteiger partial charge on any atom is 0.308 e. The Morgan fingerprint density at radius 1 is 1.15 bits per heavy atom. The molecule has 1 aromatic carbocycles. The number of piperazine rings is 1. The minimum Gasteiger partial charge on any atom is -0.493 e. The number of ether oxygens (including phenoxy) is 2. The van der Waals surface area contributed by atoms with Crippen molar-refractivity contribution in [1.82, 2.24) is 10.2 Å². The Bertz CT molecular complexity index is 550. The van der Waals surface area contributed by atoms with Crippen molar-refractivity contribution in [2.75, 3.05) is 33.3 Å². The number of hydrogen-bond acceptors (Lipinski definition) is 5. The van der Waals surface area contributed by atoms with Gasteiger partial charge in [0.15, 0.2) is 11.5 Å². The van der Waals surface area contributed by atoms with Crippen LogP contribution in [0.15, 0.2) is 18.2 Å². The number of rotatable bonds is 7. The molecule has 1 aliphatic heterocycles. The van der Waals surface area contributed by atoms with Crippen molar-refractivity contribution in [1.29, 1.82) is 0 Å². The monoisotopic (exact) mass is 406 g/mol. The molecule has 0 unspecified atom stereocenters. The maximum atomic E-state index is 11.2. The number of esters is 1.